The summed E-state index contributed by atoms with van der Waals surface area (Å²) in [4.78, 5) is 10.3. The van der Waals surface area contributed by atoms with E-state index in [0.29, 0.717) is 19.3 Å². The zero-order chi connectivity index (χ0) is 18.0. The topological polar surface area (TPSA) is 77.8 Å². The molecule has 2 atom stereocenters. The fourth-order valence-electron chi connectivity index (χ4n) is 1.97. The molecule has 0 aromatic rings. The summed E-state index contributed by atoms with van der Waals surface area (Å²) in [6.45, 7) is 1.85. The minimum atomic E-state index is -0.736. The number of hydrogen-bond acceptors (Lipinski definition) is 3. The molecule has 0 aromatic heterocycles. The number of unbranched alkanes of at least 4 members (excludes halogenated alkanes) is 1. The normalized spacial score (nSPS) is 15.1. The van der Waals surface area contributed by atoms with Gasteiger partial charge in [0.2, 0.25) is 0 Å². The summed E-state index contributed by atoms with van der Waals surface area (Å²) in [7, 11) is 0. The first-order valence-electron chi connectivity index (χ1n) is 8.75. The van der Waals surface area contributed by atoms with E-state index in [1.807, 2.05) is 25.2 Å². The van der Waals surface area contributed by atoms with E-state index in [2.05, 4.69) is 30.4 Å². The van der Waals surface area contributed by atoms with Gasteiger partial charge in [0.05, 0.1) is 12.2 Å². The van der Waals surface area contributed by atoms with Crippen LogP contribution in [-0.2, 0) is 4.79 Å². The molecule has 0 aliphatic heterocycles. The number of allylic oxidation sites excluding steroid dienone is 7. The molecule has 0 aliphatic rings. The van der Waals surface area contributed by atoms with Crippen LogP contribution < -0.4 is 0 Å². The number of hydrogen-bond donors (Lipinski definition) is 3. The fraction of sp³-hybridized carbons (Fsp3) is 0.550. The van der Waals surface area contributed by atoms with Crippen LogP contribution in [0.15, 0.2) is 48.6 Å². The van der Waals surface area contributed by atoms with E-state index in [4.69, 9.17) is 5.11 Å². The first-order chi connectivity index (χ1) is 11.6. The summed E-state index contributed by atoms with van der Waals surface area (Å²) in [6.07, 6.45) is 20.4. The van der Waals surface area contributed by atoms with Gasteiger partial charge in [-0.1, -0.05) is 55.5 Å². The number of rotatable bonds is 14. The summed E-state index contributed by atoms with van der Waals surface area (Å²) >= 11 is 0. The van der Waals surface area contributed by atoms with Crippen molar-refractivity contribution < 1.29 is 20.1 Å². The molecule has 3 N–H and O–H groups in total. The van der Waals surface area contributed by atoms with Crippen LogP contribution in [0.5, 0.6) is 0 Å². The third-order valence-electron chi connectivity index (χ3n) is 3.48. The Hall–Kier alpha value is -1.65. The highest BCUT2D eigenvalue weighted by Gasteiger charge is 2.11. The van der Waals surface area contributed by atoms with Crippen LogP contribution in [0.2, 0.25) is 0 Å². The lowest BCUT2D eigenvalue weighted by Gasteiger charge is -2.13. The number of aliphatic hydroxyl groups excluding tert-OH is 2. The predicted octanol–water partition coefficient (Wildman–Crippen LogP) is 4.16. The van der Waals surface area contributed by atoms with E-state index in [0.717, 1.165) is 25.7 Å². The Labute approximate surface area is 145 Å². The molecular weight excluding hydrogens is 304 g/mol. The van der Waals surface area contributed by atoms with Crippen molar-refractivity contribution in [2.45, 2.75) is 70.5 Å². The zero-order valence-electron chi connectivity index (χ0n) is 14.7. The average molecular weight is 336 g/mol. The van der Waals surface area contributed by atoms with Gasteiger partial charge in [0, 0.05) is 6.42 Å². The molecule has 0 aromatic carbocycles. The van der Waals surface area contributed by atoms with E-state index in [9.17, 15) is 15.0 Å². The summed E-state index contributed by atoms with van der Waals surface area (Å²) in [6, 6.07) is 0. The van der Waals surface area contributed by atoms with Crippen molar-refractivity contribution in [3.8, 4) is 0 Å². The van der Waals surface area contributed by atoms with Crippen molar-refractivity contribution in [1.29, 1.82) is 0 Å². The number of carbonyl (C=O) groups is 1. The smallest absolute Gasteiger partial charge is 0.303 e. The standard InChI is InChI=1S/C20H32O4/c1-2-18(21)19(22)16-14-12-10-8-6-4-3-5-7-9-11-13-15-17-20(23)24/h3,5-6,8-9,11-12,14,18-19,21-22H,2,4,7,10,13,15-17H2,1H3,(H,23,24)/b5-3-,8-6-,11-9-,14-12-/t18-,19+/m0/s1. The van der Waals surface area contributed by atoms with Crippen molar-refractivity contribution in [1.82, 2.24) is 0 Å². The molecule has 0 saturated carbocycles. The van der Waals surface area contributed by atoms with Gasteiger partial charge in [-0.15, -0.1) is 0 Å². The third kappa shape index (κ3) is 15.3. The van der Waals surface area contributed by atoms with Gasteiger partial charge in [-0.25, -0.2) is 0 Å². The number of carboxylic acids is 1. The summed E-state index contributed by atoms with van der Waals surface area (Å²) in [5, 5.41) is 27.5. The Balaban J connectivity index is 3.57. The Morgan fingerprint density at radius 2 is 1.33 bits per heavy atom. The second-order valence-corrected chi connectivity index (χ2v) is 5.66. The molecular formula is C20H32O4. The van der Waals surface area contributed by atoms with Gasteiger partial charge in [0.1, 0.15) is 0 Å². The fourth-order valence-corrected chi connectivity index (χ4v) is 1.97. The predicted molar refractivity (Wildman–Crippen MR) is 98.8 cm³/mol. The lowest BCUT2D eigenvalue weighted by atomic mass is 10.1. The molecule has 0 amide bonds. The molecule has 0 bridgehead atoms. The van der Waals surface area contributed by atoms with Gasteiger partial charge < -0.3 is 15.3 Å². The number of carboxylic acid groups (broad SMARTS) is 1. The van der Waals surface area contributed by atoms with Crippen LogP contribution in [0.1, 0.15) is 58.3 Å². The Morgan fingerprint density at radius 3 is 1.83 bits per heavy atom. The molecule has 0 rings (SSSR count). The van der Waals surface area contributed by atoms with E-state index in [1.54, 1.807) is 0 Å². The van der Waals surface area contributed by atoms with Crippen molar-refractivity contribution >= 4 is 5.97 Å². The zero-order valence-corrected chi connectivity index (χ0v) is 14.7. The molecule has 4 nitrogen and oxygen atoms in total. The Bertz CT molecular complexity index is 421. The van der Waals surface area contributed by atoms with Crippen molar-refractivity contribution in [2.24, 2.45) is 0 Å². The maximum atomic E-state index is 10.3. The van der Waals surface area contributed by atoms with E-state index in [1.165, 1.54) is 0 Å². The second-order valence-electron chi connectivity index (χ2n) is 5.66. The molecule has 0 spiro atoms. The van der Waals surface area contributed by atoms with Crippen LogP contribution in [0.3, 0.4) is 0 Å². The minimum Gasteiger partial charge on any atom is -0.481 e. The highest BCUT2D eigenvalue weighted by atomic mass is 16.4. The van der Waals surface area contributed by atoms with Crippen LogP contribution in [-0.4, -0.2) is 33.5 Å². The molecule has 0 heterocycles. The van der Waals surface area contributed by atoms with Crippen LogP contribution in [0, 0.1) is 0 Å². The van der Waals surface area contributed by atoms with Gasteiger partial charge in [-0.2, -0.15) is 0 Å². The Morgan fingerprint density at radius 1 is 0.833 bits per heavy atom. The first-order valence-corrected chi connectivity index (χ1v) is 8.75. The van der Waals surface area contributed by atoms with E-state index in [-0.39, 0.29) is 6.42 Å². The van der Waals surface area contributed by atoms with Crippen LogP contribution >= 0.6 is 0 Å². The molecule has 136 valence electrons. The first kappa shape index (κ1) is 22.4. The Kier molecular flexibility index (Phi) is 15.1. The van der Waals surface area contributed by atoms with Gasteiger partial charge >= 0.3 is 5.97 Å². The molecule has 0 aliphatic carbocycles. The van der Waals surface area contributed by atoms with Crippen molar-refractivity contribution in [3.05, 3.63) is 48.6 Å². The van der Waals surface area contributed by atoms with Crippen molar-refractivity contribution in [2.75, 3.05) is 0 Å². The molecule has 0 radical (unpaired) electrons. The van der Waals surface area contributed by atoms with Gasteiger partial charge in [-0.05, 0) is 44.9 Å². The third-order valence-corrected chi connectivity index (χ3v) is 3.48. The quantitative estimate of drug-likeness (QED) is 0.329. The lowest BCUT2D eigenvalue weighted by molar-refractivity contribution is -0.137. The van der Waals surface area contributed by atoms with Crippen LogP contribution in [0.25, 0.3) is 0 Å². The monoisotopic (exact) mass is 336 g/mol. The number of aliphatic hydroxyl groups is 2. The molecule has 4 heteroatoms. The van der Waals surface area contributed by atoms with Gasteiger partial charge in [0.25, 0.3) is 0 Å². The van der Waals surface area contributed by atoms with E-state index >= 15 is 0 Å². The van der Waals surface area contributed by atoms with E-state index < -0.39 is 18.2 Å². The second kappa shape index (κ2) is 16.2. The van der Waals surface area contributed by atoms with Gasteiger partial charge in [0.15, 0.2) is 0 Å². The maximum absolute atomic E-state index is 10.3. The van der Waals surface area contributed by atoms with Crippen LogP contribution in [0.4, 0.5) is 0 Å². The summed E-state index contributed by atoms with van der Waals surface area (Å²) in [5.41, 5.74) is 0. The summed E-state index contributed by atoms with van der Waals surface area (Å²) in [5.74, 6) is -0.736. The van der Waals surface area contributed by atoms with Gasteiger partial charge in [-0.3, -0.25) is 4.79 Å². The molecule has 0 unspecified atom stereocenters. The minimum absolute atomic E-state index is 0.234. The highest BCUT2D eigenvalue weighted by molar-refractivity contribution is 5.66. The SMILES string of the molecule is CC[C@H](O)[C@H](O)C/C=C\C/C=C\C/C=C\C/C=C\CCCC(=O)O. The van der Waals surface area contributed by atoms with Crippen molar-refractivity contribution in [3.63, 3.8) is 0 Å². The largest absolute Gasteiger partial charge is 0.481 e. The molecule has 0 fully saturated rings. The molecule has 0 saturated heterocycles. The maximum Gasteiger partial charge on any atom is 0.303 e. The highest BCUT2D eigenvalue weighted by Crippen LogP contribution is 2.04. The number of aliphatic carboxylic acids is 1. The lowest BCUT2D eigenvalue weighted by Crippen LogP contribution is -2.23. The summed E-state index contributed by atoms with van der Waals surface area (Å²) < 4.78 is 0. The average Bonchev–Trinajstić information content (AvgIpc) is 2.57. The molecule has 24 heavy (non-hydrogen) atoms.